The monoisotopic (exact) mass is 218 g/mol. The Hall–Kier alpha value is -0.130. The van der Waals surface area contributed by atoms with E-state index < -0.39 is 10.0 Å². The maximum Gasteiger partial charge on any atom is 0.213 e. The number of nitrogens with one attached hydrogen (secondary N) is 1. The van der Waals surface area contributed by atoms with E-state index in [1.54, 1.807) is 11.2 Å². The zero-order chi connectivity index (χ0) is 10.2. The third-order valence-electron chi connectivity index (χ3n) is 3.32. The van der Waals surface area contributed by atoms with E-state index in [-0.39, 0.29) is 5.75 Å². The van der Waals surface area contributed by atoms with Crippen LogP contribution in [-0.4, -0.2) is 44.2 Å². The Morgan fingerprint density at radius 3 is 2.86 bits per heavy atom. The second kappa shape index (κ2) is 3.79. The van der Waals surface area contributed by atoms with Crippen LogP contribution in [0.5, 0.6) is 0 Å². The standard InChI is InChI=1S/C9H18N2O2S/c1-2-14(12,13)11-6-8-4-3-5-10-9(8)7-11/h8-10H,2-7H2,1H3. The van der Waals surface area contributed by atoms with Crippen LogP contribution in [-0.2, 0) is 10.0 Å². The Bertz CT molecular complexity index is 288. The smallest absolute Gasteiger partial charge is 0.213 e. The first-order chi connectivity index (χ1) is 6.63. The summed E-state index contributed by atoms with van der Waals surface area (Å²) < 4.78 is 24.9. The van der Waals surface area contributed by atoms with Gasteiger partial charge in [-0.15, -0.1) is 0 Å². The van der Waals surface area contributed by atoms with Crippen LogP contribution in [0.1, 0.15) is 19.8 Å². The van der Waals surface area contributed by atoms with Gasteiger partial charge in [0.2, 0.25) is 10.0 Å². The lowest BCUT2D eigenvalue weighted by Crippen LogP contribution is -2.41. The van der Waals surface area contributed by atoms with Crippen molar-refractivity contribution in [3.8, 4) is 0 Å². The zero-order valence-corrected chi connectivity index (χ0v) is 9.39. The van der Waals surface area contributed by atoms with Gasteiger partial charge in [-0.3, -0.25) is 0 Å². The van der Waals surface area contributed by atoms with Gasteiger partial charge in [-0.25, -0.2) is 12.7 Å². The summed E-state index contributed by atoms with van der Waals surface area (Å²) in [5.74, 6) is 0.775. The van der Waals surface area contributed by atoms with Gasteiger partial charge in [0.05, 0.1) is 5.75 Å². The van der Waals surface area contributed by atoms with Crippen molar-refractivity contribution in [2.24, 2.45) is 5.92 Å². The highest BCUT2D eigenvalue weighted by Crippen LogP contribution is 2.26. The average Bonchev–Trinajstić information content (AvgIpc) is 2.61. The molecule has 2 aliphatic rings. The number of piperidine rings is 1. The Morgan fingerprint density at radius 1 is 1.43 bits per heavy atom. The lowest BCUT2D eigenvalue weighted by Gasteiger charge is -2.24. The van der Waals surface area contributed by atoms with Gasteiger partial charge in [-0.05, 0) is 32.2 Å². The molecule has 2 rings (SSSR count). The number of hydrogen-bond acceptors (Lipinski definition) is 3. The Kier molecular flexibility index (Phi) is 2.81. The molecule has 2 heterocycles. The number of hydrogen-bond donors (Lipinski definition) is 1. The molecule has 0 spiro atoms. The molecule has 1 N–H and O–H groups in total. The van der Waals surface area contributed by atoms with E-state index in [9.17, 15) is 8.42 Å². The summed E-state index contributed by atoms with van der Waals surface area (Å²) >= 11 is 0. The van der Waals surface area contributed by atoms with Gasteiger partial charge < -0.3 is 5.32 Å². The van der Waals surface area contributed by atoms with Crippen molar-refractivity contribution in [2.45, 2.75) is 25.8 Å². The average molecular weight is 218 g/mol. The van der Waals surface area contributed by atoms with Crippen molar-refractivity contribution in [3.63, 3.8) is 0 Å². The van der Waals surface area contributed by atoms with Gasteiger partial charge in [-0.2, -0.15) is 0 Å². The highest BCUT2D eigenvalue weighted by Gasteiger charge is 2.38. The topological polar surface area (TPSA) is 49.4 Å². The van der Waals surface area contributed by atoms with Crippen LogP contribution in [0.25, 0.3) is 0 Å². The molecule has 0 amide bonds. The number of fused-ring (bicyclic) bond motifs is 1. The summed E-state index contributed by atoms with van der Waals surface area (Å²) in [4.78, 5) is 0. The summed E-state index contributed by atoms with van der Waals surface area (Å²) in [6.45, 7) is 4.17. The van der Waals surface area contributed by atoms with Gasteiger partial charge in [0.15, 0.2) is 0 Å². The van der Waals surface area contributed by atoms with Gasteiger partial charge >= 0.3 is 0 Å². The van der Waals surface area contributed by atoms with Gasteiger partial charge in [0.25, 0.3) is 0 Å². The second-order valence-corrected chi connectivity index (χ2v) is 6.44. The zero-order valence-electron chi connectivity index (χ0n) is 8.57. The SMILES string of the molecule is CCS(=O)(=O)N1CC2CCCNC2C1. The van der Waals surface area contributed by atoms with Crippen molar-refractivity contribution in [3.05, 3.63) is 0 Å². The van der Waals surface area contributed by atoms with Gasteiger partial charge in [-0.1, -0.05) is 0 Å². The molecular weight excluding hydrogens is 200 g/mol. The molecule has 82 valence electrons. The van der Waals surface area contributed by atoms with E-state index in [4.69, 9.17) is 0 Å². The highest BCUT2D eigenvalue weighted by atomic mass is 32.2. The number of sulfonamides is 1. The molecule has 2 atom stereocenters. The minimum atomic E-state index is -2.96. The van der Waals surface area contributed by atoms with Crippen molar-refractivity contribution in [2.75, 3.05) is 25.4 Å². The fourth-order valence-electron chi connectivity index (χ4n) is 2.42. The third kappa shape index (κ3) is 1.81. The van der Waals surface area contributed by atoms with Gasteiger partial charge in [0.1, 0.15) is 0 Å². The minimum absolute atomic E-state index is 0.229. The summed E-state index contributed by atoms with van der Waals surface area (Å²) in [6.07, 6.45) is 2.36. The van der Waals surface area contributed by atoms with E-state index in [1.807, 2.05) is 0 Å². The van der Waals surface area contributed by atoms with Crippen molar-refractivity contribution in [1.29, 1.82) is 0 Å². The van der Waals surface area contributed by atoms with Crippen molar-refractivity contribution >= 4 is 10.0 Å². The quantitative estimate of drug-likeness (QED) is 0.711. The summed E-state index contributed by atoms with van der Waals surface area (Å²) in [5, 5.41) is 3.40. The Balaban J connectivity index is 2.06. The first-order valence-electron chi connectivity index (χ1n) is 5.34. The van der Waals surface area contributed by atoms with E-state index in [0.717, 1.165) is 13.1 Å². The molecule has 2 fully saturated rings. The van der Waals surface area contributed by atoms with Crippen LogP contribution in [0.4, 0.5) is 0 Å². The molecule has 4 nitrogen and oxygen atoms in total. The summed E-state index contributed by atoms with van der Waals surface area (Å²) in [6, 6.07) is 0.407. The molecule has 14 heavy (non-hydrogen) atoms. The first kappa shape index (κ1) is 10.4. The Labute approximate surface area is 85.7 Å². The molecular formula is C9H18N2O2S. The fourth-order valence-corrected chi connectivity index (χ4v) is 3.59. The van der Waals surface area contributed by atoms with Crippen LogP contribution >= 0.6 is 0 Å². The molecule has 5 heteroatoms. The van der Waals surface area contributed by atoms with E-state index in [2.05, 4.69) is 5.32 Å². The molecule has 0 bridgehead atoms. The van der Waals surface area contributed by atoms with Crippen LogP contribution in [0.2, 0.25) is 0 Å². The molecule has 0 radical (unpaired) electrons. The van der Waals surface area contributed by atoms with Crippen molar-refractivity contribution in [1.82, 2.24) is 9.62 Å². The summed E-state index contributed by atoms with van der Waals surface area (Å²) in [7, 11) is -2.96. The lowest BCUT2D eigenvalue weighted by atomic mass is 9.94. The fraction of sp³-hybridized carbons (Fsp3) is 1.00. The lowest BCUT2D eigenvalue weighted by molar-refractivity contribution is 0.339. The molecule has 2 saturated heterocycles. The van der Waals surface area contributed by atoms with E-state index in [0.29, 0.717) is 18.5 Å². The molecule has 0 saturated carbocycles. The minimum Gasteiger partial charge on any atom is -0.312 e. The number of nitrogens with zero attached hydrogens (tertiary/aromatic N) is 1. The third-order valence-corrected chi connectivity index (χ3v) is 5.14. The summed E-state index contributed by atoms with van der Waals surface area (Å²) in [5.41, 5.74) is 0. The van der Waals surface area contributed by atoms with Crippen LogP contribution in [0, 0.1) is 5.92 Å². The highest BCUT2D eigenvalue weighted by molar-refractivity contribution is 7.89. The van der Waals surface area contributed by atoms with Crippen LogP contribution < -0.4 is 5.32 Å². The maximum absolute atomic E-state index is 11.6. The normalized spacial score (nSPS) is 34.4. The molecule has 2 aliphatic heterocycles. The van der Waals surface area contributed by atoms with Crippen molar-refractivity contribution < 1.29 is 8.42 Å². The predicted octanol–water partition coefficient (Wildman–Crippen LogP) is 0.0199. The van der Waals surface area contributed by atoms with Crippen LogP contribution in [0.3, 0.4) is 0 Å². The molecule has 0 aromatic heterocycles. The van der Waals surface area contributed by atoms with E-state index >= 15 is 0 Å². The second-order valence-electron chi connectivity index (χ2n) is 4.18. The molecule has 0 aliphatic carbocycles. The molecule has 2 unspecified atom stereocenters. The van der Waals surface area contributed by atoms with Crippen LogP contribution in [0.15, 0.2) is 0 Å². The van der Waals surface area contributed by atoms with E-state index in [1.165, 1.54) is 12.8 Å². The van der Waals surface area contributed by atoms with Gasteiger partial charge in [0, 0.05) is 19.1 Å². The number of rotatable bonds is 2. The maximum atomic E-state index is 11.6. The molecule has 0 aromatic carbocycles. The first-order valence-corrected chi connectivity index (χ1v) is 6.95. The largest absolute Gasteiger partial charge is 0.312 e. The Morgan fingerprint density at radius 2 is 2.21 bits per heavy atom. The molecule has 0 aromatic rings. The predicted molar refractivity (Wildman–Crippen MR) is 55.5 cm³/mol.